The van der Waals surface area contributed by atoms with Crippen LogP contribution in [0.2, 0.25) is 0 Å². The van der Waals surface area contributed by atoms with Crippen molar-refractivity contribution in [3.8, 4) is 5.75 Å². The number of nitrogens with zero attached hydrogens (tertiary/aromatic N) is 1. The summed E-state index contributed by atoms with van der Waals surface area (Å²) in [4.78, 5) is 27.9. The van der Waals surface area contributed by atoms with Crippen molar-refractivity contribution in [3.05, 3.63) is 70.5 Å². The summed E-state index contributed by atoms with van der Waals surface area (Å²) in [6.07, 6.45) is 0. The van der Waals surface area contributed by atoms with Crippen LogP contribution in [0.4, 0.5) is 5.69 Å². The number of ketones is 1. The van der Waals surface area contributed by atoms with Gasteiger partial charge in [-0.1, -0.05) is 39.0 Å². The van der Waals surface area contributed by atoms with Gasteiger partial charge in [0.2, 0.25) is 0 Å². The van der Waals surface area contributed by atoms with Gasteiger partial charge in [0.25, 0.3) is 5.91 Å². The molecule has 5 nitrogen and oxygen atoms in total. The Kier molecular flexibility index (Phi) is 5.26. The number of carbonyl (C=O) groups excluding carboxylic acids is 2. The molecule has 1 aliphatic heterocycles. The predicted molar refractivity (Wildman–Crippen MR) is 113 cm³/mol. The Morgan fingerprint density at radius 3 is 2.24 bits per heavy atom. The quantitative estimate of drug-likeness (QED) is 0.808. The zero-order valence-corrected chi connectivity index (χ0v) is 17.7. The molecule has 152 valence electrons. The molecule has 3 rings (SSSR count). The number of rotatable bonds is 4. The van der Waals surface area contributed by atoms with Crippen LogP contribution in [0, 0.1) is 19.3 Å². The van der Waals surface area contributed by atoms with Crippen LogP contribution in [0.3, 0.4) is 0 Å². The lowest BCUT2D eigenvalue weighted by atomic mass is 9.82. The van der Waals surface area contributed by atoms with E-state index in [-0.39, 0.29) is 11.4 Å². The fraction of sp³-hybridized carbons (Fsp3) is 0.333. The highest BCUT2D eigenvalue weighted by Gasteiger charge is 2.46. The minimum absolute atomic E-state index is 0.120. The van der Waals surface area contributed by atoms with Crippen molar-refractivity contribution >= 4 is 17.4 Å². The van der Waals surface area contributed by atoms with Crippen LogP contribution in [0.15, 0.2) is 53.8 Å². The number of aliphatic hydroxyl groups excluding tert-OH is 1. The molecule has 1 aliphatic rings. The molecule has 2 aromatic rings. The Balaban J connectivity index is 2.25. The van der Waals surface area contributed by atoms with E-state index in [0.717, 1.165) is 11.1 Å². The topological polar surface area (TPSA) is 66.8 Å². The number of ether oxygens (including phenoxy) is 1. The molecule has 0 aromatic heterocycles. The maximum atomic E-state index is 13.2. The summed E-state index contributed by atoms with van der Waals surface area (Å²) in [5, 5.41) is 10.8. The third-order valence-electron chi connectivity index (χ3n) is 5.03. The van der Waals surface area contributed by atoms with Gasteiger partial charge in [0.05, 0.1) is 18.7 Å². The molecule has 0 radical (unpaired) electrons. The second-order valence-corrected chi connectivity index (χ2v) is 8.54. The molecule has 1 amide bonds. The van der Waals surface area contributed by atoms with Gasteiger partial charge in [-0.15, -0.1) is 0 Å². The second kappa shape index (κ2) is 7.39. The summed E-state index contributed by atoms with van der Waals surface area (Å²) in [6.45, 7) is 9.24. The molecule has 1 heterocycles. The van der Waals surface area contributed by atoms with Gasteiger partial charge in [-0.3, -0.25) is 14.5 Å². The zero-order chi connectivity index (χ0) is 21.5. The van der Waals surface area contributed by atoms with Crippen LogP contribution in [-0.2, 0) is 9.59 Å². The normalized spacial score (nSPS) is 17.1. The summed E-state index contributed by atoms with van der Waals surface area (Å²) in [7, 11) is 1.56. The SMILES string of the molecule is COc1cccc(C2C(C(=O)C(C)(C)C)=C(O)C(=O)N2c2cc(C)cc(C)c2)c1. The van der Waals surface area contributed by atoms with Gasteiger partial charge >= 0.3 is 0 Å². The van der Waals surface area contributed by atoms with E-state index in [1.54, 1.807) is 40.0 Å². The van der Waals surface area contributed by atoms with Crippen LogP contribution in [0.1, 0.15) is 43.5 Å². The molecule has 5 heteroatoms. The molecule has 0 bridgehead atoms. The highest BCUT2D eigenvalue weighted by atomic mass is 16.5. The van der Waals surface area contributed by atoms with Crippen LogP contribution in [0.5, 0.6) is 5.75 Å². The largest absolute Gasteiger partial charge is 0.503 e. The molecule has 1 unspecified atom stereocenters. The molecule has 2 aromatic carbocycles. The second-order valence-electron chi connectivity index (χ2n) is 8.54. The van der Waals surface area contributed by atoms with Crippen LogP contribution < -0.4 is 9.64 Å². The van der Waals surface area contributed by atoms with E-state index < -0.39 is 23.1 Å². The van der Waals surface area contributed by atoms with Crippen LogP contribution in [0.25, 0.3) is 0 Å². The predicted octanol–water partition coefficient (Wildman–Crippen LogP) is 4.83. The van der Waals surface area contributed by atoms with Gasteiger partial charge in [-0.2, -0.15) is 0 Å². The Labute approximate surface area is 171 Å². The van der Waals surface area contributed by atoms with Gasteiger partial charge in [0, 0.05) is 11.1 Å². The van der Waals surface area contributed by atoms with Crippen molar-refractivity contribution in [2.75, 3.05) is 12.0 Å². The maximum absolute atomic E-state index is 13.2. The summed E-state index contributed by atoms with van der Waals surface area (Å²) < 4.78 is 5.34. The standard InChI is InChI=1S/C24H27NO4/c1-14-10-15(2)12-17(11-14)25-20(16-8-7-9-18(13-16)29-6)19(21(26)23(25)28)22(27)24(3,4)5/h7-13,20,26H,1-6H3. The van der Waals surface area contributed by atoms with Crippen molar-refractivity contribution in [1.29, 1.82) is 0 Å². The molecule has 0 fully saturated rings. The number of Topliss-reactive ketones (excluding diaryl/α,β-unsaturated/α-hetero) is 1. The fourth-order valence-electron chi connectivity index (χ4n) is 3.72. The number of hydrogen-bond donors (Lipinski definition) is 1. The van der Waals surface area contributed by atoms with Crippen LogP contribution >= 0.6 is 0 Å². The number of benzene rings is 2. The number of aliphatic hydroxyl groups is 1. The number of anilines is 1. The molecule has 1 atom stereocenters. The van der Waals surface area contributed by atoms with Crippen molar-refractivity contribution in [2.24, 2.45) is 5.41 Å². The van der Waals surface area contributed by atoms with E-state index in [0.29, 0.717) is 17.0 Å². The van der Waals surface area contributed by atoms with E-state index in [1.807, 2.05) is 44.2 Å². The lowest BCUT2D eigenvalue weighted by Gasteiger charge is -2.29. The maximum Gasteiger partial charge on any atom is 0.294 e. The molecule has 0 saturated carbocycles. The molecule has 0 spiro atoms. The minimum atomic E-state index is -0.751. The Morgan fingerprint density at radius 1 is 1.07 bits per heavy atom. The van der Waals surface area contributed by atoms with Gasteiger partial charge in [0.1, 0.15) is 5.75 Å². The average molecular weight is 393 g/mol. The lowest BCUT2D eigenvalue weighted by molar-refractivity contribution is -0.123. The zero-order valence-electron chi connectivity index (χ0n) is 17.7. The highest BCUT2D eigenvalue weighted by molar-refractivity contribution is 6.17. The summed E-state index contributed by atoms with van der Waals surface area (Å²) in [6, 6.07) is 12.3. The van der Waals surface area contributed by atoms with Crippen molar-refractivity contribution in [2.45, 2.75) is 40.7 Å². The van der Waals surface area contributed by atoms with E-state index >= 15 is 0 Å². The van der Waals surface area contributed by atoms with Gasteiger partial charge < -0.3 is 9.84 Å². The van der Waals surface area contributed by atoms with E-state index in [1.165, 1.54) is 4.90 Å². The Bertz CT molecular complexity index is 994. The smallest absolute Gasteiger partial charge is 0.294 e. The van der Waals surface area contributed by atoms with Crippen molar-refractivity contribution < 1.29 is 19.4 Å². The van der Waals surface area contributed by atoms with Crippen molar-refractivity contribution in [1.82, 2.24) is 0 Å². The summed E-state index contributed by atoms with van der Waals surface area (Å²) >= 11 is 0. The summed E-state index contributed by atoms with van der Waals surface area (Å²) in [5.74, 6) is -0.709. The molecular formula is C24H27NO4. The first kappa shape index (κ1) is 20.6. The number of methoxy groups -OCH3 is 1. The van der Waals surface area contributed by atoms with E-state index in [9.17, 15) is 14.7 Å². The molecule has 0 saturated heterocycles. The van der Waals surface area contributed by atoms with E-state index in [4.69, 9.17) is 4.74 Å². The van der Waals surface area contributed by atoms with Crippen molar-refractivity contribution in [3.63, 3.8) is 0 Å². The first-order valence-corrected chi connectivity index (χ1v) is 9.58. The number of hydrogen-bond acceptors (Lipinski definition) is 4. The molecule has 1 N–H and O–H groups in total. The highest BCUT2D eigenvalue weighted by Crippen LogP contribution is 2.44. The fourth-order valence-corrected chi connectivity index (χ4v) is 3.72. The first-order valence-electron chi connectivity index (χ1n) is 9.58. The average Bonchev–Trinajstić information content (AvgIpc) is 2.90. The number of carbonyl (C=O) groups is 2. The third kappa shape index (κ3) is 3.77. The number of amides is 1. The summed E-state index contributed by atoms with van der Waals surface area (Å²) in [5.41, 5.74) is 2.70. The van der Waals surface area contributed by atoms with Gasteiger partial charge in [0.15, 0.2) is 11.5 Å². The molecule has 29 heavy (non-hydrogen) atoms. The minimum Gasteiger partial charge on any atom is -0.503 e. The third-order valence-corrected chi connectivity index (χ3v) is 5.03. The van der Waals surface area contributed by atoms with Crippen LogP contribution in [-0.4, -0.2) is 23.9 Å². The van der Waals surface area contributed by atoms with Gasteiger partial charge in [-0.05, 0) is 54.8 Å². The monoisotopic (exact) mass is 393 g/mol. The number of aryl methyl sites for hydroxylation is 2. The molecule has 0 aliphatic carbocycles. The van der Waals surface area contributed by atoms with Gasteiger partial charge in [-0.25, -0.2) is 0 Å². The lowest BCUT2D eigenvalue weighted by Crippen LogP contribution is -2.33. The Hall–Kier alpha value is -3.08. The van der Waals surface area contributed by atoms with E-state index in [2.05, 4.69) is 0 Å². The first-order chi connectivity index (χ1) is 13.5. The Morgan fingerprint density at radius 2 is 1.69 bits per heavy atom. The molecular weight excluding hydrogens is 366 g/mol.